The van der Waals surface area contributed by atoms with Crippen LogP contribution in [0.5, 0.6) is 5.75 Å². The Bertz CT molecular complexity index is 844. The Balaban J connectivity index is 1.42. The van der Waals surface area contributed by atoms with Crippen LogP contribution in [0.1, 0.15) is 16.1 Å². The molecular formula is C19H16N2O3. The van der Waals surface area contributed by atoms with E-state index in [2.05, 4.69) is 16.4 Å². The molecule has 3 heterocycles. The van der Waals surface area contributed by atoms with Gasteiger partial charge in [-0.3, -0.25) is 9.78 Å². The van der Waals surface area contributed by atoms with Crippen LogP contribution in [0, 0.1) is 0 Å². The van der Waals surface area contributed by atoms with E-state index in [4.69, 9.17) is 9.15 Å². The van der Waals surface area contributed by atoms with Crippen LogP contribution in [0.25, 0.3) is 11.1 Å². The van der Waals surface area contributed by atoms with Gasteiger partial charge in [-0.25, -0.2) is 0 Å². The Hall–Kier alpha value is -3.08. The van der Waals surface area contributed by atoms with Crippen LogP contribution in [0.15, 0.2) is 65.5 Å². The molecule has 1 aromatic carbocycles. The maximum atomic E-state index is 11.9. The third kappa shape index (κ3) is 2.88. The van der Waals surface area contributed by atoms with Gasteiger partial charge in [0.1, 0.15) is 11.9 Å². The van der Waals surface area contributed by atoms with Crippen molar-refractivity contribution in [3.8, 4) is 16.9 Å². The summed E-state index contributed by atoms with van der Waals surface area (Å²) < 4.78 is 11.0. The second kappa shape index (κ2) is 6.20. The molecule has 0 radical (unpaired) electrons. The summed E-state index contributed by atoms with van der Waals surface area (Å²) in [7, 11) is 0. The van der Waals surface area contributed by atoms with E-state index < -0.39 is 0 Å². The van der Waals surface area contributed by atoms with E-state index in [1.54, 1.807) is 18.3 Å². The first-order valence-corrected chi connectivity index (χ1v) is 7.81. The van der Waals surface area contributed by atoms with Crippen LogP contribution >= 0.6 is 0 Å². The zero-order valence-electron chi connectivity index (χ0n) is 12.9. The molecule has 0 bridgehead atoms. The fourth-order valence-electron chi connectivity index (χ4n) is 2.85. The number of hydrogen-bond acceptors (Lipinski definition) is 4. The van der Waals surface area contributed by atoms with Crippen molar-refractivity contribution in [3.63, 3.8) is 0 Å². The molecule has 1 atom stereocenters. The zero-order valence-corrected chi connectivity index (χ0v) is 12.9. The maximum Gasteiger partial charge on any atom is 0.287 e. The van der Waals surface area contributed by atoms with Gasteiger partial charge < -0.3 is 14.5 Å². The predicted octanol–water partition coefficient (Wildman–Crippen LogP) is 3.08. The number of benzene rings is 1. The highest BCUT2D eigenvalue weighted by molar-refractivity contribution is 5.91. The molecule has 3 aromatic rings. The lowest BCUT2D eigenvalue weighted by Gasteiger charge is -2.11. The molecule has 0 saturated heterocycles. The summed E-state index contributed by atoms with van der Waals surface area (Å²) in [5, 5.41) is 2.84. The van der Waals surface area contributed by atoms with E-state index in [1.807, 2.05) is 30.5 Å². The topological polar surface area (TPSA) is 64.4 Å². The van der Waals surface area contributed by atoms with Crippen LogP contribution < -0.4 is 10.1 Å². The van der Waals surface area contributed by atoms with Gasteiger partial charge in [0.25, 0.3) is 5.91 Å². The van der Waals surface area contributed by atoms with Crippen LogP contribution in [0.3, 0.4) is 0 Å². The van der Waals surface area contributed by atoms with Crippen LogP contribution in [0.4, 0.5) is 0 Å². The van der Waals surface area contributed by atoms with E-state index in [0.29, 0.717) is 12.3 Å². The van der Waals surface area contributed by atoms with Crippen molar-refractivity contribution in [2.45, 2.75) is 12.5 Å². The van der Waals surface area contributed by atoms with E-state index in [0.717, 1.165) is 28.9 Å². The number of fused-ring (bicyclic) bond motifs is 1. The number of pyridine rings is 1. The molecule has 5 nitrogen and oxygen atoms in total. The number of nitrogens with one attached hydrogen (secondary N) is 1. The summed E-state index contributed by atoms with van der Waals surface area (Å²) in [5.41, 5.74) is 3.34. The summed E-state index contributed by atoms with van der Waals surface area (Å²) in [6.45, 7) is 0.441. The quantitative estimate of drug-likeness (QED) is 0.802. The van der Waals surface area contributed by atoms with Gasteiger partial charge >= 0.3 is 0 Å². The second-order valence-electron chi connectivity index (χ2n) is 5.70. The number of furan rings is 1. The first kappa shape index (κ1) is 14.5. The van der Waals surface area contributed by atoms with E-state index >= 15 is 0 Å². The van der Waals surface area contributed by atoms with Crippen LogP contribution in [0.2, 0.25) is 0 Å². The number of hydrogen-bond donors (Lipinski definition) is 1. The lowest BCUT2D eigenvalue weighted by Crippen LogP contribution is -2.34. The molecule has 1 aliphatic rings. The standard InChI is InChI=1S/C19H16N2O3/c22-19(18-4-2-8-23-18)21-12-16-10-15-9-13(5-6-17(15)24-16)14-3-1-7-20-11-14/h1-9,11,16H,10,12H2,(H,21,22). The number of carbonyl (C=O) groups excluding carboxylic acids is 1. The van der Waals surface area contributed by atoms with Crippen molar-refractivity contribution in [2.24, 2.45) is 0 Å². The molecule has 1 unspecified atom stereocenters. The minimum Gasteiger partial charge on any atom is -0.488 e. The lowest BCUT2D eigenvalue weighted by atomic mass is 10.0. The summed E-state index contributed by atoms with van der Waals surface area (Å²) in [4.78, 5) is 16.1. The molecule has 2 aromatic heterocycles. The van der Waals surface area contributed by atoms with Gasteiger partial charge in [0, 0.05) is 24.4 Å². The van der Waals surface area contributed by atoms with Gasteiger partial charge in [0.05, 0.1) is 12.8 Å². The molecule has 0 saturated carbocycles. The normalized spacial score (nSPS) is 15.6. The first-order chi connectivity index (χ1) is 11.8. The fraction of sp³-hybridized carbons (Fsp3) is 0.158. The highest BCUT2D eigenvalue weighted by Crippen LogP contribution is 2.32. The van der Waals surface area contributed by atoms with Gasteiger partial charge in [0.2, 0.25) is 0 Å². The second-order valence-corrected chi connectivity index (χ2v) is 5.70. The van der Waals surface area contributed by atoms with Gasteiger partial charge in [-0.2, -0.15) is 0 Å². The number of ether oxygens (including phenoxy) is 1. The average molecular weight is 320 g/mol. The molecule has 1 N–H and O–H groups in total. The molecule has 0 spiro atoms. The molecule has 1 aliphatic heterocycles. The predicted molar refractivity (Wildman–Crippen MR) is 88.8 cm³/mol. The Morgan fingerprint density at radius 3 is 2.96 bits per heavy atom. The van der Waals surface area contributed by atoms with Crippen molar-refractivity contribution < 1.29 is 13.9 Å². The van der Waals surface area contributed by atoms with Crippen LogP contribution in [-0.2, 0) is 6.42 Å². The summed E-state index contributed by atoms with van der Waals surface area (Å²) >= 11 is 0. The minimum atomic E-state index is -0.226. The monoisotopic (exact) mass is 320 g/mol. The fourth-order valence-corrected chi connectivity index (χ4v) is 2.85. The highest BCUT2D eigenvalue weighted by atomic mass is 16.5. The molecule has 4 rings (SSSR count). The Labute approximate surface area is 139 Å². The average Bonchev–Trinajstić information content (AvgIpc) is 3.29. The summed E-state index contributed by atoms with van der Waals surface area (Å²) in [6, 6.07) is 13.4. The summed E-state index contributed by atoms with van der Waals surface area (Å²) in [5.74, 6) is 0.958. The Kier molecular flexibility index (Phi) is 3.75. The third-order valence-electron chi connectivity index (χ3n) is 4.03. The zero-order chi connectivity index (χ0) is 16.4. The SMILES string of the molecule is O=C(NCC1Cc2cc(-c3cccnc3)ccc2O1)c1ccco1. The van der Waals surface area contributed by atoms with Crippen molar-refractivity contribution >= 4 is 5.91 Å². The van der Waals surface area contributed by atoms with Gasteiger partial charge in [-0.1, -0.05) is 12.1 Å². The minimum absolute atomic E-state index is 0.0666. The number of carbonyl (C=O) groups is 1. The van der Waals surface area contributed by atoms with E-state index in [9.17, 15) is 4.79 Å². The van der Waals surface area contributed by atoms with E-state index in [1.165, 1.54) is 6.26 Å². The maximum absolute atomic E-state index is 11.9. The smallest absolute Gasteiger partial charge is 0.287 e. The van der Waals surface area contributed by atoms with Gasteiger partial charge in [-0.15, -0.1) is 0 Å². The molecular weight excluding hydrogens is 304 g/mol. The Morgan fingerprint density at radius 1 is 1.21 bits per heavy atom. The third-order valence-corrected chi connectivity index (χ3v) is 4.03. The lowest BCUT2D eigenvalue weighted by molar-refractivity contribution is 0.0906. The molecule has 5 heteroatoms. The number of rotatable bonds is 4. The van der Waals surface area contributed by atoms with Crippen molar-refractivity contribution in [2.75, 3.05) is 6.54 Å². The highest BCUT2D eigenvalue weighted by Gasteiger charge is 2.24. The van der Waals surface area contributed by atoms with Crippen LogP contribution in [-0.4, -0.2) is 23.5 Å². The molecule has 1 amide bonds. The van der Waals surface area contributed by atoms with Gasteiger partial charge in [0.15, 0.2) is 5.76 Å². The summed E-state index contributed by atoms with van der Waals surface area (Å²) in [6.07, 6.45) is 5.79. The number of nitrogens with zero attached hydrogens (tertiary/aromatic N) is 1. The number of amides is 1. The van der Waals surface area contributed by atoms with Crippen molar-refractivity contribution in [1.82, 2.24) is 10.3 Å². The largest absolute Gasteiger partial charge is 0.488 e. The molecule has 24 heavy (non-hydrogen) atoms. The number of aromatic nitrogens is 1. The Morgan fingerprint density at radius 2 is 2.17 bits per heavy atom. The molecule has 120 valence electrons. The van der Waals surface area contributed by atoms with E-state index in [-0.39, 0.29) is 12.0 Å². The van der Waals surface area contributed by atoms with Crippen molar-refractivity contribution in [1.29, 1.82) is 0 Å². The molecule has 0 fully saturated rings. The first-order valence-electron chi connectivity index (χ1n) is 7.81. The molecule has 0 aliphatic carbocycles. The van der Waals surface area contributed by atoms with Crippen molar-refractivity contribution in [3.05, 3.63) is 72.4 Å². The van der Waals surface area contributed by atoms with Gasteiger partial charge in [-0.05, 0) is 41.5 Å².